The number of nitrogens with zero attached hydrogens (tertiary/aromatic N) is 1. The Bertz CT molecular complexity index is 558. The lowest BCUT2D eigenvalue weighted by Gasteiger charge is -2.34. The second-order valence-electron chi connectivity index (χ2n) is 5.18. The number of halogens is 1. The minimum Gasteiger partial charge on any atom is -0.329 e. The van der Waals surface area contributed by atoms with E-state index in [0.717, 1.165) is 10.5 Å². The van der Waals surface area contributed by atoms with E-state index in [4.69, 9.17) is 22.3 Å². The molecular weight excluding hydrogens is 264 g/mol. The largest absolute Gasteiger partial charge is 0.329 e. The molecule has 1 aromatic carbocycles. The van der Waals surface area contributed by atoms with Crippen LogP contribution in [0.15, 0.2) is 18.2 Å². The number of aromatic nitrogens is 1. The Labute approximate surface area is 116 Å². The molecule has 0 unspecified atom stereocenters. The zero-order valence-corrected chi connectivity index (χ0v) is 11.9. The molecule has 2 nitrogen and oxygen atoms in total. The fourth-order valence-corrected chi connectivity index (χ4v) is 4.36. The molecule has 2 N–H and O–H groups in total. The van der Waals surface area contributed by atoms with E-state index in [9.17, 15) is 0 Å². The van der Waals surface area contributed by atoms with E-state index in [0.29, 0.717) is 6.54 Å². The third-order valence-electron chi connectivity index (χ3n) is 4.01. The monoisotopic (exact) mass is 280 g/mol. The first-order valence-electron chi connectivity index (χ1n) is 6.50. The van der Waals surface area contributed by atoms with Gasteiger partial charge in [0.1, 0.15) is 5.01 Å². The summed E-state index contributed by atoms with van der Waals surface area (Å²) in [6, 6.07) is 5.92. The average Bonchev–Trinajstić information content (AvgIpc) is 2.83. The van der Waals surface area contributed by atoms with Crippen molar-refractivity contribution in [1.29, 1.82) is 0 Å². The van der Waals surface area contributed by atoms with E-state index >= 15 is 0 Å². The minimum absolute atomic E-state index is 0.119. The lowest BCUT2D eigenvalue weighted by molar-refractivity contribution is 0.300. The fraction of sp³-hybridized carbons (Fsp3) is 0.500. The van der Waals surface area contributed by atoms with E-state index in [1.807, 2.05) is 18.2 Å². The molecule has 1 aliphatic carbocycles. The van der Waals surface area contributed by atoms with Gasteiger partial charge in [-0.05, 0) is 31.0 Å². The first-order valence-corrected chi connectivity index (χ1v) is 7.70. The highest BCUT2D eigenvalue weighted by Gasteiger charge is 2.35. The smallest absolute Gasteiger partial charge is 0.101 e. The molecule has 0 bridgehead atoms. The number of nitrogens with two attached hydrogens (primary N) is 1. The summed E-state index contributed by atoms with van der Waals surface area (Å²) in [6.45, 7) is 0.709. The molecule has 3 rings (SSSR count). The van der Waals surface area contributed by atoms with Crippen LogP contribution in [0.5, 0.6) is 0 Å². The summed E-state index contributed by atoms with van der Waals surface area (Å²) in [4.78, 5) is 4.80. The molecule has 4 heteroatoms. The normalized spacial score (nSPS) is 19.2. The predicted octanol–water partition coefficient (Wildman–Crippen LogP) is 4.11. The number of fused-ring (bicyclic) bond motifs is 1. The molecule has 1 heterocycles. The molecule has 1 saturated carbocycles. The van der Waals surface area contributed by atoms with Gasteiger partial charge in [0.15, 0.2) is 0 Å². The van der Waals surface area contributed by atoms with Crippen molar-refractivity contribution in [3.8, 4) is 0 Å². The Morgan fingerprint density at radius 3 is 2.78 bits per heavy atom. The van der Waals surface area contributed by atoms with Crippen molar-refractivity contribution in [2.24, 2.45) is 5.73 Å². The Kier molecular flexibility index (Phi) is 3.31. The maximum Gasteiger partial charge on any atom is 0.101 e. The van der Waals surface area contributed by atoms with Crippen LogP contribution >= 0.6 is 22.9 Å². The van der Waals surface area contributed by atoms with Gasteiger partial charge in [-0.1, -0.05) is 30.9 Å². The number of rotatable bonds is 2. The van der Waals surface area contributed by atoms with Crippen molar-refractivity contribution in [2.75, 3.05) is 6.54 Å². The van der Waals surface area contributed by atoms with Crippen LogP contribution in [0, 0.1) is 0 Å². The molecule has 96 valence electrons. The van der Waals surface area contributed by atoms with Crippen LogP contribution in [0.1, 0.15) is 37.1 Å². The van der Waals surface area contributed by atoms with Gasteiger partial charge >= 0.3 is 0 Å². The average molecular weight is 281 g/mol. The van der Waals surface area contributed by atoms with Crippen molar-refractivity contribution in [2.45, 2.75) is 37.5 Å². The summed E-state index contributed by atoms with van der Waals surface area (Å²) in [5, 5.41) is 1.99. The van der Waals surface area contributed by atoms with Gasteiger partial charge in [-0.25, -0.2) is 4.98 Å². The van der Waals surface area contributed by atoms with Crippen LogP contribution in [0.2, 0.25) is 5.02 Å². The Morgan fingerprint density at radius 1 is 1.28 bits per heavy atom. The standard InChI is InChI=1S/C14H17ClN2S/c15-10-4-5-11-12(8-10)18-13(17-11)14(9-16)6-2-1-3-7-14/h4-5,8H,1-3,6-7,9,16H2. The second kappa shape index (κ2) is 4.80. The van der Waals surface area contributed by atoms with E-state index in [2.05, 4.69) is 0 Å². The summed E-state index contributed by atoms with van der Waals surface area (Å²) < 4.78 is 1.18. The van der Waals surface area contributed by atoms with E-state index in [1.54, 1.807) is 11.3 Å². The Morgan fingerprint density at radius 2 is 2.06 bits per heavy atom. The summed E-state index contributed by atoms with van der Waals surface area (Å²) in [5.41, 5.74) is 7.24. The summed E-state index contributed by atoms with van der Waals surface area (Å²) in [7, 11) is 0. The first kappa shape index (κ1) is 12.4. The van der Waals surface area contributed by atoms with Gasteiger partial charge in [0.25, 0.3) is 0 Å². The van der Waals surface area contributed by atoms with Crippen LogP contribution in [-0.2, 0) is 5.41 Å². The van der Waals surface area contributed by atoms with Gasteiger partial charge in [-0.2, -0.15) is 0 Å². The van der Waals surface area contributed by atoms with Crippen molar-refractivity contribution in [3.63, 3.8) is 0 Å². The molecule has 0 saturated heterocycles. The minimum atomic E-state index is 0.119. The van der Waals surface area contributed by atoms with Crippen LogP contribution in [0.4, 0.5) is 0 Å². The molecule has 0 radical (unpaired) electrons. The zero-order valence-electron chi connectivity index (χ0n) is 10.3. The fourth-order valence-electron chi connectivity index (χ4n) is 2.86. The Balaban J connectivity index is 2.06. The van der Waals surface area contributed by atoms with Crippen LogP contribution in [-0.4, -0.2) is 11.5 Å². The predicted molar refractivity (Wildman–Crippen MR) is 78.4 cm³/mol. The summed E-state index contributed by atoms with van der Waals surface area (Å²) >= 11 is 7.80. The van der Waals surface area contributed by atoms with Gasteiger partial charge in [-0.3, -0.25) is 0 Å². The molecule has 2 aromatic rings. The van der Waals surface area contributed by atoms with Crippen molar-refractivity contribution < 1.29 is 0 Å². The highest BCUT2D eigenvalue weighted by Crippen LogP contribution is 2.42. The van der Waals surface area contributed by atoms with E-state index in [-0.39, 0.29) is 5.41 Å². The third kappa shape index (κ3) is 2.04. The van der Waals surface area contributed by atoms with Gasteiger partial charge in [0, 0.05) is 17.0 Å². The van der Waals surface area contributed by atoms with Crippen LogP contribution in [0.3, 0.4) is 0 Å². The number of benzene rings is 1. The number of hydrogen-bond acceptors (Lipinski definition) is 3. The quantitative estimate of drug-likeness (QED) is 0.899. The topological polar surface area (TPSA) is 38.9 Å². The lowest BCUT2D eigenvalue weighted by atomic mass is 9.74. The molecule has 1 aromatic heterocycles. The molecule has 0 spiro atoms. The van der Waals surface area contributed by atoms with E-state index in [1.165, 1.54) is 41.8 Å². The molecule has 0 aliphatic heterocycles. The van der Waals surface area contributed by atoms with Crippen LogP contribution < -0.4 is 5.73 Å². The maximum absolute atomic E-state index is 6.06. The van der Waals surface area contributed by atoms with Crippen molar-refractivity contribution >= 4 is 33.2 Å². The summed E-state index contributed by atoms with van der Waals surface area (Å²) in [6.07, 6.45) is 6.23. The molecule has 18 heavy (non-hydrogen) atoms. The first-order chi connectivity index (χ1) is 8.73. The SMILES string of the molecule is NCC1(c2nc3ccc(Cl)cc3s2)CCCCC1. The zero-order chi connectivity index (χ0) is 12.6. The Hall–Kier alpha value is -0.640. The van der Waals surface area contributed by atoms with E-state index < -0.39 is 0 Å². The molecule has 0 amide bonds. The lowest BCUT2D eigenvalue weighted by Crippen LogP contribution is -2.36. The molecular formula is C14H17ClN2S. The second-order valence-corrected chi connectivity index (χ2v) is 6.64. The van der Waals surface area contributed by atoms with Gasteiger partial charge in [-0.15, -0.1) is 11.3 Å². The van der Waals surface area contributed by atoms with Crippen molar-refractivity contribution in [1.82, 2.24) is 4.98 Å². The van der Waals surface area contributed by atoms with Crippen molar-refractivity contribution in [3.05, 3.63) is 28.2 Å². The molecule has 0 atom stereocenters. The maximum atomic E-state index is 6.06. The third-order valence-corrected chi connectivity index (χ3v) is 5.51. The highest BCUT2D eigenvalue weighted by molar-refractivity contribution is 7.18. The van der Waals surface area contributed by atoms with Gasteiger partial charge in [0.05, 0.1) is 10.2 Å². The number of thiazole rings is 1. The van der Waals surface area contributed by atoms with Crippen LogP contribution in [0.25, 0.3) is 10.2 Å². The molecule has 1 fully saturated rings. The van der Waals surface area contributed by atoms with Gasteiger partial charge < -0.3 is 5.73 Å². The van der Waals surface area contributed by atoms with Gasteiger partial charge in [0.2, 0.25) is 0 Å². The molecule has 1 aliphatic rings. The summed E-state index contributed by atoms with van der Waals surface area (Å²) in [5.74, 6) is 0. The highest BCUT2D eigenvalue weighted by atomic mass is 35.5. The number of hydrogen-bond donors (Lipinski definition) is 1.